The number of nitrogens with one attached hydrogen (secondary N) is 1. The molecule has 3 nitrogen and oxygen atoms in total. The van der Waals surface area contributed by atoms with Crippen molar-refractivity contribution in [3.63, 3.8) is 0 Å². The fraction of sp³-hybridized carbons (Fsp3) is 0.462. The highest BCUT2D eigenvalue weighted by Gasteiger charge is 2.16. The molecule has 0 spiro atoms. The van der Waals surface area contributed by atoms with Gasteiger partial charge in [0, 0.05) is 18.7 Å². The molecule has 0 radical (unpaired) electrons. The molecule has 0 saturated carbocycles. The Kier molecular flexibility index (Phi) is 4.87. The predicted octanol–water partition coefficient (Wildman–Crippen LogP) is 3.89. The van der Waals surface area contributed by atoms with Gasteiger partial charge < -0.3 is 10.1 Å². The Morgan fingerprint density at radius 1 is 1.39 bits per heavy atom. The Morgan fingerprint density at radius 3 is 2.89 bits per heavy atom. The van der Waals surface area contributed by atoms with Crippen LogP contribution >= 0.6 is 23.2 Å². The number of halogens is 2. The normalized spacial score (nSPS) is 18.9. The molecule has 0 bridgehead atoms. The minimum Gasteiger partial charge on any atom is -0.378 e. The van der Waals surface area contributed by atoms with E-state index in [0.29, 0.717) is 22.2 Å². The third-order valence-electron chi connectivity index (χ3n) is 2.92. The molecule has 98 valence electrons. The molecule has 1 aromatic carbocycles. The number of carbonyl (C=O) groups is 1. The van der Waals surface area contributed by atoms with Gasteiger partial charge in [-0.05, 0) is 37.5 Å². The van der Waals surface area contributed by atoms with Crippen molar-refractivity contribution in [3.05, 3.63) is 28.2 Å². The monoisotopic (exact) mass is 287 g/mol. The molecular weight excluding hydrogens is 273 g/mol. The Balaban J connectivity index is 1.80. The Labute approximate surface area is 116 Å². The van der Waals surface area contributed by atoms with Gasteiger partial charge in [-0.25, -0.2) is 0 Å². The minimum atomic E-state index is -0.0242. The second kappa shape index (κ2) is 6.41. The topological polar surface area (TPSA) is 38.3 Å². The first-order valence-corrected chi connectivity index (χ1v) is 6.77. The quantitative estimate of drug-likeness (QED) is 0.912. The van der Waals surface area contributed by atoms with Crippen LogP contribution in [0.3, 0.4) is 0 Å². The maximum absolute atomic E-state index is 11.7. The number of carbonyl (C=O) groups excluding carboxylic acids is 1. The summed E-state index contributed by atoms with van der Waals surface area (Å²) in [5.41, 5.74) is 0.668. The van der Waals surface area contributed by atoms with Crippen LogP contribution in [0.4, 0.5) is 5.69 Å². The minimum absolute atomic E-state index is 0.0242. The molecule has 2 rings (SSSR count). The molecular formula is C13H15Cl2NO2. The van der Waals surface area contributed by atoms with E-state index < -0.39 is 0 Å². The van der Waals surface area contributed by atoms with E-state index in [4.69, 9.17) is 27.9 Å². The molecule has 1 amide bonds. The van der Waals surface area contributed by atoms with Crippen molar-refractivity contribution >= 4 is 34.8 Å². The molecule has 18 heavy (non-hydrogen) atoms. The average molecular weight is 288 g/mol. The van der Waals surface area contributed by atoms with E-state index >= 15 is 0 Å². The van der Waals surface area contributed by atoms with Gasteiger partial charge in [0.1, 0.15) is 0 Å². The number of hydrogen-bond donors (Lipinski definition) is 1. The second-order valence-corrected chi connectivity index (χ2v) is 5.17. The fourth-order valence-electron chi connectivity index (χ4n) is 1.96. The largest absolute Gasteiger partial charge is 0.378 e. The van der Waals surface area contributed by atoms with Crippen molar-refractivity contribution in [2.75, 3.05) is 11.9 Å². The van der Waals surface area contributed by atoms with Crippen molar-refractivity contribution in [3.8, 4) is 0 Å². The van der Waals surface area contributed by atoms with Gasteiger partial charge in [0.2, 0.25) is 5.91 Å². The van der Waals surface area contributed by atoms with Crippen molar-refractivity contribution in [1.29, 1.82) is 0 Å². The first kappa shape index (κ1) is 13.7. The van der Waals surface area contributed by atoms with Crippen molar-refractivity contribution in [1.82, 2.24) is 0 Å². The highest BCUT2D eigenvalue weighted by Crippen LogP contribution is 2.25. The Bertz CT molecular complexity index is 431. The van der Waals surface area contributed by atoms with Crippen LogP contribution in [0.5, 0.6) is 0 Å². The number of hydrogen-bond acceptors (Lipinski definition) is 2. The summed E-state index contributed by atoms with van der Waals surface area (Å²) in [6.07, 6.45) is 3.63. The van der Waals surface area contributed by atoms with E-state index in [1.807, 2.05) is 0 Å². The van der Waals surface area contributed by atoms with E-state index in [1.54, 1.807) is 18.2 Å². The Morgan fingerprint density at radius 2 is 2.22 bits per heavy atom. The van der Waals surface area contributed by atoms with Gasteiger partial charge in [-0.2, -0.15) is 0 Å². The Hall–Kier alpha value is -0.770. The SMILES string of the molecule is O=C(CCC1CCCO1)Nc1ccc(Cl)c(Cl)c1. The number of benzene rings is 1. The summed E-state index contributed by atoms with van der Waals surface area (Å²) in [5.74, 6) is -0.0242. The summed E-state index contributed by atoms with van der Waals surface area (Å²) in [7, 11) is 0. The van der Waals surface area contributed by atoms with E-state index in [-0.39, 0.29) is 12.0 Å². The maximum Gasteiger partial charge on any atom is 0.224 e. The smallest absolute Gasteiger partial charge is 0.224 e. The first-order chi connectivity index (χ1) is 8.65. The molecule has 5 heteroatoms. The maximum atomic E-state index is 11.7. The van der Waals surface area contributed by atoms with Gasteiger partial charge >= 0.3 is 0 Å². The van der Waals surface area contributed by atoms with Crippen LogP contribution in [0.15, 0.2) is 18.2 Å². The van der Waals surface area contributed by atoms with E-state index in [2.05, 4.69) is 5.32 Å². The third-order valence-corrected chi connectivity index (χ3v) is 3.66. The lowest BCUT2D eigenvalue weighted by Gasteiger charge is -2.09. The van der Waals surface area contributed by atoms with Crippen LogP contribution in [-0.2, 0) is 9.53 Å². The van der Waals surface area contributed by atoms with E-state index in [9.17, 15) is 4.79 Å². The fourth-order valence-corrected chi connectivity index (χ4v) is 2.26. The molecule has 1 heterocycles. The van der Waals surface area contributed by atoms with Crippen LogP contribution in [0.25, 0.3) is 0 Å². The lowest BCUT2D eigenvalue weighted by molar-refractivity contribution is -0.116. The average Bonchev–Trinajstić information content (AvgIpc) is 2.84. The zero-order valence-corrected chi connectivity index (χ0v) is 11.4. The molecule has 1 aliphatic rings. The van der Waals surface area contributed by atoms with Crippen LogP contribution in [0.2, 0.25) is 10.0 Å². The van der Waals surface area contributed by atoms with Crippen LogP contribution in [-0.4, -0.2) is 18.6 Å². The summed E-state index contributed by atoms with van der Waals surface area (Å²) in [6, 6.07) is 5.05. The molecule has 1 fully saturated rings. The zero-order valence-electron chi connectivity index (χ0n) is 9.92. The molecule has 1 saturated heterocycles. The first-order valence-electron chi connectivity index (χ1n) is 6.01. The number of rotatable bonds is 4. The number of amides is 1. The highest BCUT2D eigenvalue weighted by atomic mass is 35.5. The lowest BCUT2D eigenvalue weighted by atomic mass is 10.1. The summed E-state index contributed by atoms with van der Waals surface area (Å²) in [6.45, 7) is 0.819. The molecule has 1 aromatic rings. The number of ether oxygens (including phenoxy) is 1. The summed E-state index contributed by atoms with van der Waals surface area (Å²) < 4.78 is 5.47. The molecule has 0 aromatic heterocycles. The van der Waals surface area contributed by atoms with Crippen LogP contribution < -0.4 is 5.32 Å². The zero-order chi connectivity index (χ0) is 13.0. The van der Waals surface area contributed by atoms with Gasteiger partial charge in [-0.1, -0.05) is 23.2 Å². The van der Waals surface area contributed by atoms with Gasteiger partial charge in [-0.15, -0.1) is 0 Å². The predicted molar refractivity (Wildman–Crippen MR) is 73.3 cm³/mol. The molecule has 1 unspecified atom stereocenters. The van der Waals surface area contributed by atoms with Gasteiger partial charge in [0.15, 0.2) is 0 Å². The lowest BCUT2D eigenvalue weighted by Crippen LogP contribution is -2.15. The summed E-state index contributed by atoms with van der Waals surface area (Å²) in [5, 5.41) is 3.72. The van der Waals surface area contributed by atoms with E-state index in [0.717, 1.165) is 25.9 Å². The molecule has 1 aliphatic heterocycles. The van der Waals surface area contributed by atoms with Crippen molar-refractivity contribution in [2.45, 2.75) is 31.8 Å². The van der Waals surface area contributed by atoms with Crippen LogP contribution in [0.1, 0.15) is 25.7 Å². The third kappa shape index (κ3) is 3.87. The highest BCUT2D eigenvalue weighted by molar-refractivity contribution is 6.42. The molecule has 1 N–H and O–H groups in total. The summed E-state index contributed by atoms with van der Waals surface area (Å²) in [4.78, 5) is 11.7. The van der Waals surface area contributed by atoms with Crippen LogP contribution in [0, 0.1) is 0 Å². The second-order valence-electron chi connectivity index (χ2n) is 4.35. The van der Waals surface area contributed by atoms with E-state index in [1.165, 1.54) is 0 Å². The standard InChI is InChI=1S/C13H15Cl2NO2/c14-11-5-3-9(8-12(11)15)16-13(17)6-4-10-2-1-7-18-10/h3,5,8,10H,1-2,4,6-7H2,(H,16,17). The number of anilines is 1. The molecule has 1 atom stereocenters. The van der Waals surface area contributed by atoms with Gasteiger partial charge in [0.25, 0.3) is 0 Å². The van der Waals surface area contributed by atoms with Gasteiger partial charge in [-0.3, -0.25) is 4.79 Å². The van der Waals surface area contributed by atoms with Crippen molar-refractivity contribution in [2.24, 2.45) is 0 Å². The van der Waals surface area contributed by atoms with Crippen molar-refractivity contribution < 1.29 is 9.53 Å². The molecule has 0 aliphatic carbocycles. The van der Waals surface area contributed by atoms with Gasteiger partial charge in [0.05, 0.1) is 16.1 Å². The summed E-state index contributed by atoms with van der Waals surface area (Å²) >= 11 is 11.7.